The quantitative estimate of drug-likeness (QED) is 0.800. The largest absolute Gasteiger partial charge is 0.394 e. The predicted molar refractivity (Wildman–Crippen MR) is 64.1 cm³/mol. The summed E-state index contributed by atoms with van der Waals surface area (Å²) in [6.45, 7) is 1.75. The van der Waals surface area contributed by atoms with Crippen molar-refractivity contribution >= 4 is 5.91 Å². The third-order valence-electron chi connectivity index (χ3n) is 2.58. The van der Waals surface area contributed by atoms with Crippen LogP contribution in [0.3, 0.4) is 0 Å². The van der Waals surface area contributed by atoms with Gasteiger partial charge in [-0.15, -0.1) is 0 Å². The van der Waals surface area contributed by atoms with E-state index in [1.165, 1.54) is 0 Å². The number of nitrogens with zero attached hydrogens (tertiary/aromatic N) is 1. The Kier molecular flexibility index (Phi) is 5.18. The van der Waals surface area contributed by atoms with Crippen LogP contribution < -0.4 is 5.32 Å². The van der Waals surface area contributed by atoms with E-state index in [2.05, 4.69) is 5.32 Å². The molecule has 1 unspecified atom stereocenters. The van der Waals surface area contributed by atoms with Crippen molar-refractivity contribution in [2.75, 3.05) is 6.61 Å². The standard InChI is InChI=1S/C13H16N2O2/c1-2-11(9-16)15-13(17)12(8-14)10-6-4-3-5-7-10/h3-7,11-12,16H,2,9H2,1H3,(H,15,17)/t11-,12?/m0/s1. The number of carbonyl (C=O) groups excluding carboxylic acids is 1. The highest BCUT2D eigenvalue weighted by Gasteiger charge is 2.21. The Morgan fingerprint density at radius 2 is 2.12 bits per heavy atom. The van der Waals surface area contributed by atoms with Crippen LogP contribution in [0, 0.1) is 11.3 Å². The lowest BCUT2D eigenvalue weighted by atomic mass is 9.99. The molecule has 1 aromatic rings. The molecule has 0 radical (unpaired) electrons. The van der Waals surface area contributed by atoms with Crippen molar-refractivity contribution in [2.24, 2.45) is 0 Å². The fraction of sp³-hybridized carbons (Fsp3) is 0.385. The highest BCUT2D eigenvalue weighted by atomic mass is 16.3. The van der Waals surface area contributed by atoms with E-state index in [1.54, 1.807) is 24.3 Å². The maximum absolute atomic E-state index is 11.9. The monoisotopic (exact) mass is 232 g/mol. The lowest BCUT2D eigenvalue weighted by molar-refractivity contribution is -0.122. The molecule has 0 aliphatic carbocycles. The summed E-state index contributed by atoms with van der Waals surface area (Å²) < 4.78 is 0. The van der Waals surface area contributed by atoms with Gasteiger partial charge in [-0.3, -0.25) is 4.79 Å². The van der Waals surface area contributed by atoms with Crippen LogP contribution in [0.2, 0.25) is 0 Å². The van der Waals surface area contributed by atoms with Gasteiger partial charge in [-0.1, -0.05) is 37.3 Å². The Morgan fingerprint density at radius 1 is 1.47 bits per heavy atom. The molecule has 0 heterocycles. The van der Waals surface area contributed by atoms with Gasteiger partial charge in [0.25, 0.3) is 0 Å². The first-order valence-corrected chi connectivity index (χ1v) is 5.58. The maximum Gasteiger partial charge on any atom is 0.242 e. The van der Waals surface area contributed by atoms with Gasteiger partial charge in [-0.2, -0.15) is 5.26 Å². The molecule has 2 N–H and O–H groups in total. The topological polar surface area (TPSA) is 73.1 Å². The van der Waals surface area contributed by atoms with E-state index in [-0.39, 0.29) is 18.6 Å². The van der Waals surface area contributed by atoms with Crippen LogP contribution >= 0.6 is 0 Å². The summed E-state index contributed by atoms with van der Waals surface area (Å²) in [6.07, 6.45) is 0.634. The second-order valence-corrected chi connectivity index (χ2v) is 3.77. The minimum absolute atomic E-state index is 0.116. The normalized spacial score (nSPS) is 13.5. The molecule has 0 fully saturated rings. The van der Waals surface area contributed by atoms with Crippen molar-refractivity contribution in [1.82, 2.24) is 5.32 Å². The molecule has 0 saturated heterocycles. The molecule has 1 rings (SSSR count). The van der Waals surface area contributed by atoms with Crippen molar-refractivity contribution in [2.45, 2.75) is 25.3 Å². The first-order valence-electron chi connectivity index (χ1n) is 5.58. The van der Waals surface area contributed by atoms with E-state index >= 15 is 0 Å². The molecular formula is C13H16N2O2. The van der Waals surface area contributed by atoms with Gasteiger partial charge in [-0.05, 0) is 12.0 Å². The number of nitriles is 1. The van der Waals surface area contributed by atoms with Crippen molar-refractivity contribution in [3.63, 3.8) is 0 Å². The first-order chi connectivity index (χ1) is 8.22. The summed E-state index contributed by atoms with van der Waals surface area (Å²) in [4.78, 5) is 11.9. The van der Waals surface area contributed by atoms with Crippen LogP contribution in [-0.2, 0) is 4.79 Å². The van der Waals surface area contributed by atoms with Gasteiger partial charge >= 0.3 is 0 Å². The Morgan fingerprint density at radius 3 is 2.59 bits per heavy atom. The number of hydrogen-bond acceptors (Lipinski definition) is 3. The van der Waals surface area contributed by atoms with Gasteiger partial charge in [0.05, 0.1) is 18.7 Å². The van der Waals surface area contributed by atoms with Crippen molar-refractivity contribution in [3.05, 3.63) is 35.9 Å². The van der Waals surface area contributed by atoms with Gasteiger partial charge in [0, 0.05) is 0 Å². The fourth-order valence-electron chi connectivity index (χ4n) is 1.49. The molecule has 0 saturated carbocycles. The summed E-state index contributed by atoms with van der Waals surface area (Å²) in [5.74, 6) is -1.18. The van der Waals surface area contributed by atoms with Crippen molar-refractivity contribution in [3.8, 4) is 6.07 Å². The summed E-state index contributed by atoms with van der Waals surface area (Å²) >= 11 is 0. The second kappa shape index (κ2) is 6.66. The summed E-state index contributed by atoms with van der Waals surface area (Å²) in [5.41, 5.74) is 0.667. The zero-order valence-electron chi connectivity index (χ0n) is 9.76. The molecule has 0 aliphatic rings. The minimum Gasteiger partial charge on any atom is -0.394 e. The van der Waals surface area contributed by atoms with Crippen LogP contribution in [0.25, 0.3) is 0 Å². The number of rotatable bonds is 5. The SMILES string of the molecule is CC[C@@H](CO)NC(=O)C(C#N)c1ccccc1. The third kappa shape index (κ3) is 3.58. The molecule has 4 heteroatoms. The lowest BCUT2D eigenvalue weighted by Crippen LogP contribution is -2.39. The van der Waals surface area contributed by atoms with E-state index < -0.39 is 5.92 Å². The highest BCUT2D eigenvalue weighted by molar-refractivity contribution is 5.86. The van der Waals surface area contributed by atoms with Gasteiger partial charge < -0.3 is 10.4 Å². The average molecular weight is 232 g/mol. The lowest BCUT2D eigenvalue weighted by Gasteiger charge is -2.16. The predicted octanol–water partition coefficient (Wildman–Crippen LogP) is 1.18. The highest BCUT2D eigenvalue weighted by Crippen LogP contribution is 2.14. The smallest absolute Gasteiger partial charge is 0.242 e. The van der Waals surface area contributed by atoms with Crippen LogP contribution in [0.5, 0.6) is 0 Å². The zero-order valence-corrected chi connectivity index (χ0v) is 9.76. The molecular weight excluding hydrogens is 216 g/mol. The number of aliphatic hydroxyl groups excluding tert-OH is 1. The van der Waals surface area contributed by atoms with Gasteiger partial charge in [0.2, 0.25) is 5.91 Å². The average Bonchev–Trinajstić information content (AvgIpc) is 2.38. The van der Waals surface area contributed by atoms with Crippen LogP contribution in [-0.4, -0.2) is 23.7 Å². The van der Waals surface area contributed by atoms with E-state index in [0.29, 0.717) is 12.0 Å². The molecule has 1 aromatic carbocycles. The van der Waals surface area contributed by atoms with E-state index in [9.17, 15) is 4.79 Å². The number of amides is 1. The first kappa shape index (κ1) is 13.2. The summed E-state index contributed by atoms with van der Waals surface area (Å²) in [5, 5.41) is 20.7. The van der Waals surface area contributed by atoms with Crippen LogP contribution in [0.4, 0.5) is 0 Å². The zero-order chi connectivity index (χ0) is 12.7. The molecule has 17 heavy (non-hydrogen) atoms. The number of hydrogen-bond donors (Lipinski definition) is 2. The van der Waals surface area contributed by atoms with Gasteiger partial charge in [0.15, 0.2) is 0 Å². The van der Waals surface area contributed by atoms with Gasteiger partial charge in [-0.25, -0.2) is 0 Å². The third-order valence-corrected chi connectivity index (χ3v) is 2.58. The molecule has 0 aliphatic heterocycles. The Balaban J connectivity index is 2.76. The van der Waals surface area contributed by atoms with Gasteiger partial charge in [0.1, 0.15) is 5.92 Å². The summed E-state index contributed by atoms with van der Waals surface area (Å²) in [6, 6.07) is 10.6. The molecule has 0 spiro atoms. The number of aliphatic hydroxyl groups is 1. The molecule has 90 valence electrons. The van der Waals surface area contributed by atoms with Crippen LogP contribution in [0.15, 0.2) is 30.3 Å². The number of benzene rings is 1. The molecule has 0 bridgehead atoms. The Hall–Kier alpha value is -1.86. The minimum atomic E-state index is -0.822. The number of carbonyl (C=O) groups is 1. The molecule has 0 aromatic heterocycles. The van der Waals surface area contributed by atoms with E-state index in [0.717, 1.165) is 0 Å². The fourth-order valence-corrected chi connectivity index (χ4v) is 1.49. The van der Waals surface area contributed by atoms with Crippen LogP contribution in [0.1, 0.15) is 24.8 Å². The number of nitrogens with one attached hydrogen (secondary N) is 1. The molecule has 4 nitrogen and oxygen atoms in total. The molecule has 1 amide bonds. The second-order valence-electron chi connectivity index (χ2n) is 3.77. The molecule has 2 atom stereocenters. The Bertz CT molecular complexity index is 394. The van der Waals surface area contributed by atoms with E-state index in [4.69, 9.17) is 10.4 Å². The van der Waals surface area contributed by atoms with Crippen molar-refractivity contribution in [1.29, 1.82) is 5.26 Å². The summed E-state index contributed by atoms with van der Waals surface area (Å²) in [7, 11) is 0. The Labute approximate surface area is 101 Å². The van der Waals surface area contributed by atoms with Crippen molar-refractivity contribution < 1.29 is 9.90 Å². The van der Waals surface area contributed by atoms with E-state index in [1.807, 2.05) is 19.1 Å². The maximum atomic E-state index is 11.9.